The van der Waals surface area contributed by atoms with Crippen LogP contribution in [0.1, 0.15) is 44.9 Å². The highest BCUT2D eigenvalue weighted by molar-refractivity contribution is 5.76. The molecule has 3 N–H and O–H groups in total. The molecule has 1 amide bonds. The second kappa shape index (κ2) is 4.52. The molecule has 2 fully saturated rings. The molecular weight excluding hydrogens is 188 g/mol. The zero-order valence-electron chi connectivity index (χ0n) is 9.43. The first-order chi connectivity index (χ1) is 7.24. The fraction of sp³-hybridized carbons (Fsp3) is 0.917. The summed E-state index contributed by atoms with van der Waals surface area (Å²) in [4.78, 5) is 11.6. The van der Waals surface area contributed by atoms with Crippen LogP contribution < -0.4 is 11.1 Å². The Bertz CT molecular complexity index is 232. The molecule has 3 heteroatoms. The maximum atomic E-state index is 11.6. The van der Waals surface area contributed by atoms with Crippen molar-refractivity contribution in [2.45, 2.75) is 44.9 Å². The summed E-state index contributed by atoms with van der Waals surface area (Å²) in [5.74, 6) is 0.928. The van der Waals surface area contributed by atoms with Gasteiger partial charge in [-0.25, -0.2) is 0 Å². The van der Waals surface area contributed by atoms with Gasteiger partial charge < -0.3 is 11.1 Å². The maximum absolute atomic E-state index is 11.6. The van der Waals surface area contributed by atoms with E-state index < -0.39 is 0 Å². The molecule has 0 unspecified atom stereocenters. The SMILES string of the molecule is NCCC1(CNC(=O)CC2CCC2)CC1. The second-order valence-corrected chi connectivity index (χ2v) is 5.32. The number of nitrogens with one attached hydrogen (secondary N) is 1. The fourth-order valence-electron chi connectivity index (χ4n) is 2.32. The summed E-state index contributed by atoms with van der Waals surface area (Å²) in [5.41, 5.74) is 5.94. The third kappa shape index (κ3) is 2.94. The Balaban J connectivity index is 1.62. The number of carbonyl (C=O) groups is 1. The predicted molar refractivity (Wildman–Crippen MR) is 60.3 cm³/mol. The average molecular weight is 210 g/mol. The molecule has 2 rings (SSSR count). The highest BCUT2D eigenvalue weighted by Crippen LogP contribution is 2.47. The topological polar surface area (TPSA) is 55.1 Å². The Morgan fingerprint density at radius 2 is 2.13 bits per heavy atom. The van der Waals surface area contributed by atoms with Crippen LogP contribution in [0, 0.1) is 11.3 Å². The van der Waals surface area contributed by atoms with Gasteiger partial charge in [0, 0.05) is 13.0 Å². The maximum Gasteiger partial charge on any atom is 0.220 e. The lowest BCUT2D eigenvalue weighted by Crippen LogP contribution is -2.33. The highest BCUT2D eigenvalue weighted by Gasteiger charge is 2.41. The van der Waals surface area contributed by atoms with E-state index in [1.54, 1.807) is 0 Å². The number of hydrogen-bond acceptors (Lipinski definition) is 2. The molecule has 86 valence electrons. The fourth-order valence-corrected chi connectivity index (χ4v) is 2.32. The lowest BCUT2D eigenvalue weighted by molar-refractivity contribution is -0.122. The quantitative estimate of drug-likeness (QED) is 0.696. The van der Waals surface area contributed by atoms with Crippen LogP contribution in [0.15, 0.2) is 0 Å². The molecule has 0 bridgehead atoms. The smallest absolute Gasteiger partial charge is 0.220 e. The number of carbonyl (C=O) groups excluding carboxylic acids is 1. The summed E-state index contributed by atoms with van der Waals surface area (Å²) in [5, 5.41) is 3.07. The average Bonchev–Trinajstić information content (AvgIpc) is 2.90. The standard InChI is InChI=1S/C12H22N2O/c13-7-6-12(4-5-12)9-14-11(15)8-10-2-1-3-10/h10H,1-9,13H2,(H,14,15). The van der Waals surface area contributed by atoms with E-state index in [2.05, 4.69) is 5.32 Å². The third-order valence-corrected chi connectivity index (χ3v) is 3.99. The van der Waals surface area contributed by atoms with Crippen molar-refractivity contribution < 1.29 is 4.79 Å². The number of nitrogens with two attached hydrogens (primary N) is 1. The Hall–Kier alpha value is -0.570. The van der Waals surface area contributed by atoms with E-state index in [1.165, 1.54) is 32.1 Å². The minimum atomic E-state index is 0.253. The molecule has 0 radical (unpaired) electrons. The van der Waals surface area contributed by atoms with Crippen molar-refractivity contribution in [2.75, 3.05) is 13.1 Å². The molecule has 2 aliphatic rings. The van der Waals surface area contributed by atoms with Gasteiger partial charge in [-0.15, -0.1) is 0 Å². The molecule has 0 aliphatic heterocycles. The molecule has 0 spiro atoms. The number of amides is 1. The summed E-state index contributed by atoms with van der Waals surface area (Å²) in [6.07, 6.45) is 8.12. The minimum Gasteiger partial charge on any atom is -0.356 e. The largest absolute Gasteiger partial charge is 0.356 e. The van der Waals surface area contributed by atoms with E-state index in [0.717, 1.165) is 25.9 Å². The Kier molecular flexibility index (Phi) is 3.29. The van der Waals surface area contributed by atoms with Crippen molar-refractivity contribution in [1.82, 2.24) is 5.32 Å². The van der Waals surface area contributed by atoms with Crippen molar-refractivity contribution in [1.29, 1.82) is 0 Å². The van der Waals surface area contributed by atoms with Crippen molar-refractivity contribution >= 4 is 5.91 Å². The summed E-state index contributed by atoms with van der Waals surface area (Å²) >= 11 is 0. The highest BCUT2D eigenvalue weighted by atomic mass is 16.1. The Morgan fingerprint density at radius 1 is 1.40 bits per heavy atom. The molecule has 0 saturated heterocycles. The van der Waals surface area contributed by atoms with Gasteiger partial charge >= 0.3 is 0 Å². The predicted octanol–water partition coefficient (Wildman–Crippen LogP) is 1.42. The van der Waals surface area contributed by atoms with Crippen LogP contribution in [0.5, 0.6) is 0 Å². The molecule has 0 aromatic carbocycles. The van der Waals surface area contributed by atoms with Crippen LogP contribution in [0.2, 0.25) is 0 Å². The van der Waals surface area contributed by atoms with Gasteiger partial charge in [-0.1, -0.05) is 6.42 Å². The van der Waals surface area contributed by atoms with E-state index in [-0.39, 0.29) is 5.91 Å². The summed E-state index contributed by atoms with van der Waals surface area (Å²) in [6, 6.07) is 0. The summed E-state index contributed by atoms with van der Waals surface area (Å²) in [6.45, 7) is 1.61. The zero-order valence-corrected chi connectivity index (χ0v) is 9.43. The molecule has 0 atom stereocenters. The molecule has 0 heterocycles. The monoisotopic (exact) mass is 210 g/mol. The van der Waals surface area contributed by atoms with E-state index in [0.29, 0.717) is 11.3 Å². The van der Waals surface area contributed by atoms with Crippen LogP contribution in [0.4, 0.5) is 0 Å². The number of rotatable bonds is 6. The first-order valence-electron chi connectivity index (χ1n) is 6.21. The first kappa shape index (κ1) is 10.9. The van der Waals surface area contributed by atoms with Gasteiger partial charge in [0.2, 0.25) is 5.91 Å². The Labute approximate surface area is 91.8 Å². The lowest BCUT2D eigenvalue weighted by atomic mass is 9.83. The van der Waals surface area contributed by atoms with Crippen molar-refractivity contribution in [2.24, 2.45) is 17.1 Å². The Morgan fingerprint density at radius 3 is 2.60 bits per heavy atom. The molecule has 2 aliphatic carbocycles. The van der Waals surface area contributed by atoms with Crippen LogP contribution in [-0.4, -0.2) is 19.0 Å². The molecule has 3 nitrogen and oxygen atoms in total. The normalized spacial score (nSPS) is 23.3. The van der Waals surface area contributed by atoms with Crippen molar-refractivity contribution in [3.05, 3.63) is 0 Å². The molecule has 0 aromatic rings. The van der Waals surface area contributed by atoms with Crippen LogP contribution in [0.3, 0.4) is 0 Å². The van der Waals surface area contributed by atoms with Gasteiger partial charge in [-0.3, -0.25) is 4.79 Å². The van der Waals surface area contributed by atoms with Crippen LogP contribution in [0.25, 0.3) is 0 Å². The molecule has 15 heavy (non-hydrogen) atoms. The van der Waals surface area contributed by atoms with E-state index in [9.17, 15) is 4.79 Å². The van der Waals surface area contributed by atoms with E-state index in [4.69, 9.17) is 5.73 Å². The molecule has 2 saturated carbocycles. The van der Waals surface area contributed by atoms with Crippen LogP contribution in [-0.2, 0) is 4.79 Å². The lowest BCUT2D eigenvalue weighted by Gasteiger charge is -2.25. The molecular formula is C12H22N2O. The minimum absolute atomic E-state index is 0.253. The van der Waals surface area contributed by atoms with Crippen molar-refractivity contribution in [3.8, 4) is 0 Å². The summed E-state index contributed by atoms with van der Waals surface area (Å²) in [7, 11) is 0. The van der Waals surface area contributed by atoms with Gasteiger partial charge in [0.05, 0.1) is 0 Å². The van der Waals surface area contributed by atoms with E-state index in [1.807, 2.05) is 0 Å². The van der Waals surface area contributed by atoms with E-state index >= 15 is 0 Å². The summed E-state index contributed by atoms with van der Waals surface area (Å²) < 4.78 is 0. The van der Waals surface area contributed by atoms with Crippen LogP contribution >= 0.6 is 0 Å². The first-order valence-corrected chi connectivity index (χ1v) is 6.21. The van der Waals surface area contributed by atoms with Gasteiger partial charge in [-0.05, 0) is 50.0 Å². The van der Waals surface area contributed by atoms with Crippen molar-refractivity contribution in [3.63, 3.8) is 0 Å². The number of hydrogen-bond donors (Lipinski definition) is 2. The van der Waals surface area contributed by atoms with Gasteiger partial charge in [-0.2, -0.15) is 0 Å². The van der Waals surface area contributed by atoms with Gasteiger partial charge in [0.25, 0.3) is 0 Å². The third-order valence-electron chi connectivity index (χ3n) is 3.99. The molecule has 0 aromatic heterocycles. The van der Waals surface area contributed by atoms with Gasteiger partial charge in [0.1, 0.15) is 0 Å². The second-order valence-electron chi connectivity index (χ2n) is 5.32. The zero-order chi connectivity index (χ0) is 10.7. The van der Waals surface area contributed by atoms with Gasteiger partial charge in [0.15, 0.2) is 0 Å².